The lowest BCUT2D eigenvalue weighted by molar-refractivity contribution is 1.31. The van der Waals surface area contributed by atoms with E-state index in [0.29, 0.717) is 0 Å². The van der Waals surface area contributed by atoms with E-state index >= 15 is 0 Å². The lowest BCUT2D eigenvalue weighted by Crippen LogP contribution is -1.84. The van der Waals surface area contributed by atoms with E-state index in [2.05, 4.69) is 0 Å². The molecule has 0 aromatic heterocycles. The predicted octanol–water partition coefficient (Wildman–Crippen LogP) is 2.18. The van der Waals surface area contributed by atoms with Gasteiger partial charge in [-0.25, -0.2) is 0 Å². The van der Waals surface area contributed by atoms with Crippen LogP contribution in [0, 0.1) is 25.0 Å². The van der Waals surface area contributed by atoms with Gasteiger partial charge < -0.3 is 0 Å². The second-order valence-corrected chi connectivity index (χ2v) is 1.84. The van der Waals surface area contributed by atoms with Crippen molar-refractivity contribution in [2.24, 2.45) is 0 Å². The summed E-state index contributed by atoms with van der Waals surface area (Å²) in [6.07, 6.45) is 0. The minimum atomic E-state index is -2.60. The average molecular weight is 137 g/mol. The fourth-order valence-corrected chi connectivity index (χ4v) is 0.645. The third-order valence-electron chi connectivity index (χ3n) is 1.18. The summed E-state index contributed by atoms with van der Waals surface area (Å²) in [7, 11) is 0. The monoisotopic (exact) mass is 137 g/mol. The van der Waals surface area contributed by atoms with Crippen molar-refractivity contribution in [3.63, 3.8) is 0 Å². The van der Waals surface area contributed by atoms with E-state index in [1.807, 2.05) is 0 Å². The van der Waals surface area contributed by atoms with Crippen molar-refractivity contribution in [2.45, 2.75) is 13.7 Å². The van der Waals surface area contributed by atoms with Gasteiger partial charge in [0.2, 0.25) is 0 Å². The molecule has 0 heterocycles. The Morgan fingerprint density at radius 2 is 2.40 bits per heavy atom. The van der Waals surface area contributed by atoms with Gasteiger partial charge in [0.1, 0.15) is 0 Å². The van der Waals surface area contributed by atoms with Crippen LogP contribution >= 0.6 is 0 Å². The molecule has 0 atom stereocenters. The molecule has 0 bridgehead atoms. The molecule has 0 N–H and O–H groups in total. The summed E-state index contributed by atoms with van der Waals surface area (Å²) in [4.78, 5) is 0. The molecule has 0 amide bonds. The number of hydrogen-bond acceptors (Lipinski definition) is 1. The number of rotatable bonds is 0. The van der Waals surface area contributed by atoms with Gasteiger partial charge in [-0.3, -0.25) is 0 Å². The van der Waals surface area contributed by atoms with Crippen molar-refractivity contribution in [1.29, 1.82) is 5.26 Å². The van der Waals surface area contributed by atoms with Gasteiger partial charge in [0.05, 0.1) is 11.6 Å². The maximum absolute atomic E-state index is 8.79. The number of hydrogen-bond donors (Lipinski definition) is 0. The van der Waals surface area contributed by atoms with E-state index in [1.165, 1.54) is 18.2 Å². The lowest BCUT2D eigenvalue weighted by atomic mass is 10.1. The van der Waals surface area contributed by atoms with Gasteiger partial charge in [-0.05, 0) is 30.9 Å². The van der Waals surface area contributed by atoms with Crippen LogP contribution in [0.4, 0.5) is 0 Å². The minimum Gasteiger partial charge on any atom is -0.192 e. The number of benzene rings is 1. The molecule has 0 aliphatic carbocycles. The summed E-state index contributed by atoms with van der Waals surface area (Å²) >= 11 is 0. The maximum Gasteiger partial charge on any atom is 0.0994 e. The van der Waals surface area contributed by atoms with Crippen LogP contribution < -0.4 is 0 Å². The van der Waals surface area contributed by atoms with E-state index in [-0.39, 0.29) is 16.7 Å². The quantitative estimate of drug-likeness (QED) is 0.537. The molecule has 0 saturated carbocycles. The van der Waals surface area contributed by atoms with Crippen LogP contribution in [-0.4, -0.2) is 0 Å². The zero-order chi connectivity index (χ0) is 12.6. The van der Waals surface area contributed by atoms with Crippen LogP contribution in [0.5, 0.6) is 0 Å². The molecular formula is C9H9N. The van der Waals surface area contributed by atoms with E-state index < -0.39 is 13.7 Å². The van der Waals surface area contributed by atoms with E-state index in [0.717, 1.165) is 0 Å². The highest BCUT2D eigenvalue weighted by Gasteiger charge is 1.96. The van der Waals surface area contributed by atoms with Crippen molar-refractivity contribution in [2.75, 3.05) is 0 Å². The van der Waals surface area contributed by atoms with Crippen LogP contribution in [0.25, 0.3) is 0 Å². The van der Waals surface area contributed by atoms with Crippen LogP contribution in [0.3, 0.4) is 0 Å². The molecule has 1 heteroatoms. The fourth-order valence-electron chi connectivity index (χ4n) is 0.645. The smallest absolute Gasteiger partial charge is 0.0994 e. The highest BCUT2D eigenvalue weighted by molar-refractivity contribution is 5.40. The summed E-state index contributed by atoms with van der Waals surface area (Å²) in [6, 6.07) is 5.60. The first-order valence-corrected chi connectivity index (χ1v) is 2.72. The van der Waals surface area contributed by atoms with Crippen molar-refractivity contribution >= 4 is 0 Å². The number of nitriles is 1. The molecule has 1 rings (SSSR count). The van der Waals surface area contributed by atoms with Crippen molar-refractivity contribution in [1.82, 2.24) is 0 Å². The Hall–Kier alpha value is -1.29. The normalized spacial score (nSPS) is 20.3. The molecule has 0 aliphatic rings. The standard InChI is InChI=1S/C9H9N/c1-7-4-3-5-9(6-10)8(7)2/h3-5H,1-2H3/i1D3,2D3. The Labute approximate surface area is 69.3 Å². The summed E-state index contributed by atoms with van der Waals surface area (Å²) in [5.41, 5.74) is -0.780. The first-order chi connectivity index (χ1) is 7.18. The number of aryl methyl sites for hydroxylation is 1. The van der Waals surface area contributed by atoms with Crippen LogP contribution in [-0.2, 0) is 0 Å². The average Bonchev–Trinajstić information content (AvgIpc) is 2.13. The Morgan fingerprint density at radius 3 is 3.00 bits per heavy atom. The van der Waals surface area contributed by atoms with Gasteiger partial charge in [0, 0.05) is 8.22 Å². The predicted molar refractivity (Wildman–Crippen MR) is 40.6 cm³/mol. The first-order valence-electron chi connectivity index (χ1n) is 5.72. The largest absolute Gasteiger partial charge is 0.192 e. The molecule has 1 nitrogen and oxygen atoms in total. The Kier molecular flexibility index (Phi) is 0.606. The van der Waals surface area contributed by atoms with Crippen LogP contribution in [0.15, 0.2) is 18.2 Å². The first kappa shape index (κ1) is 2.39. The molecule has 0 fully saturated rings. The maximum atomic E-state index is 8.79. The zero-order valence-corrected chi connectivity index (χ0v) is 5.18. The van der Waals surface area contributed by atoms with Crippen LogP contribution in [0.1, 0.15) is 24.9 Å². The fraction of sp³-hybridized carbons (Fsp3) is 0.222. The molecular weight excluding hydrogens is 122 g/mol. The van der Waals surface area contributed by atoms with Gasteiger partial charge >= 0.3 is 0 Å². The van der Waals surface area contributed by atoms with Crippen molar-refractivity contribution in [3.8, 4) is 6.07 Å². The molecule has 10 heavy (non-hydrogen) atoms. The molecule has 1 aromatic rings. The SMILES string of the molecule is [2H]C([2H])([2H])c1cccc(C#N)c1C([2H])([2H])[2H]. The summed E-state index contributed by atoms with van der Waals surface area (Å²) < 4.78 is 43.5. The number of nitrogens with zero attached hydrogens (tertiary/aromatic N) is 1. The van der Waals surface area contributed by atoms with Crippen LogP contribution in [0.2, 0.25) is 0 Å². The van der Waals surface area contributed by atoms with Gasteiger partial charge in [-0.15, -0.1) is 0 Å². The molecule has 0 saturated heterocycles. The summed E-state index contributed by atoms with van der Waals surface area (Å²) in [6.45, 7) is -5.13. The second kappa shape index (κ2) is 2.53. The molecule has 0 radical (unpaired) electrons. The van der Waals surface area contributed by atoms with E-state index in [4.69, 9.17) is 13.5 Å². The third kappa shape index (κ3) is 1.01. The van der Waals surface area contributed by atoms with Gasteiger partial charge in [0.15, 0.2) is 0 Å². The van der Waals surface area contributed by atoms with Crippen molar-refractivity contribution < 1.29 is 8.22 Å². The zero-order valence-electron chi connectivity index (χ0n) is 11.2. The van der Waals surface area contributed by atoms with Gasteiger partial charge in [0.25, 0.3) is 0 Å². The Balaban J connectivity index is 3.59. The second-order valence-electron chi connectivity index (χ2n) is 1.84. The van der Waals surface area contributed by atoms with E-state index in [9.17, 15) is 0 Å². The minimum absolute atomic E-state index is 0.117. The molecule has 0 aliphatic heterocycles. The molecule has 0 unspecified atom stereocenters. The molecule has 50 valence electrons. The summed E-state index contributed by atoms with van der Waals surface area (Å²) in [5.74, 6) is 0. The molecule has 1 aromatic carbocycles. The van der Waals surface area contributed by atoms with E-state index in [1.54, 1.807) is 6.07 Å². The Bertz CT molecular complexity index is 437. The van der Waals surface area contributed by atoms with Gasteiger partial charge in [-0.1, -0.05) is 12.1 Å². The topological polar surface area (TPSA) is 23.8 Å². The highest BCUT2D eigenvalue weighted by atomic mass is 14.2. The summed E-state index contributed by atoms with van der Waals surface area (Å²) in [5, 5.41) is 8.79. The third-order valence-corrected chi connectivity index (χ3v) is 1.18. The van der Waals surface area contributed by atoms with Crippen molar-refractivity contribution in [3.05, 3.63) is 34.9 Å². The Morgan fingerprint density at radius 1 is 1.50 bits per heavy atom. The lowest BCUT2D eigenvalue weighted by Gasteiger charge is -1.98. The van der Waals surface area contributed by atoms with Gasteiger partial charge in [-0.2, -0.15) is 5.26 Å². The molecule has 0 spiro atoms. The highest BCUT2D eigenvalue weighted by Crippen LogP contribution is 2.10.